The number of aromatic amines is 1. The summed E-state index contributed by atoms with van der Waals surface area (Å²) in [4.78, 5) is 81.0. The van der Waals surface area contributed by atoms with E-state index in [1.165, 1.54) is 10.9 Å². The largest absolute Gasteiger partial charge is 0.490 e. The van der Waals surface area contributed by atoms with Gasteiger partial charge in [-0.2, -0.15) is 19.5 Å². The van der Waals surface area contributed by atoms with Gasteiger partial charge in [-0.05, 0) is 12.1 Å². The van der Waals surface area contributed by atoms with Crippen molar-refractivity contribution in [1.82, 2.24) is 19.5 Å². The molecule has 0 radical (unpaired) electrons. The summed E-state index contributed by atoms with van der Waals surface area (Å²) in [5, 5.41) is 2.46. The number of benzene rings is 1. The molecule has 1 saturated heterocycles. The molecule has 3 heterocycles. The first-order valence-electron chi connectivity index (χ1n) is 11.0. The Labute approximate surface area is 227 Å². The number of nitrogens with zero attached hydrogens (tertiary/aromatic N) is 3. The van der Waals surface area contributed by atoms with E-state index in [1.807, 2.05) is 0 Å². The lowest BCUT2D eigenvalue weighted by molar-refractivity contribution is -0.335. The first-order chi connectivity index (χ1) is 19.2. The van der Waals surface area contributed by atoms with E-state index in [1.54, 1.807) is 30.3 Å². The number of phosphoric acid groups is 3. The number of hydrogen-bond donors (Lipinski definition) is 7. The van der Waals surface area contributed by atoms with Crippen molar-refractivity contribution in [2.45, 2.75) is 24.9 Å². The van der Waals surface area contributed by atoms with Crippen LogP contribution in [-0.4, -0.2) is 63.8 Å². The molecule has 4 rings (SSSR count). The van der Waals surface area contributed by atoms with Crippen molar-refractivity contribution in [3.05, 3.63) is 52.6 Å². The van der Waals surface area contributed by atoms with Gasteiger partial charge in [0, 0.05) is 12.0 Å². The highest BCUT2D eigenvalue weighted by molar-refractivity contribution is 7.66. The normalized spacial score (nSPS) is 22.3. The van der Waals surface area contributed by atoms with Crippen LogP contribution < -0.4 is 16.8 Å². The van der Waals surface area contributed by atoms with Crippen LogP contribution in [0, 0.1) is 0 Å². The molecule has 1 aliphatic rings. The van der Waals surface area contributed by atoms with Gasteiger partial charge in [0.2, 0.25) is 5.95 Å². The van der Waals surface area contributed by atoms with Crippen molar-refractivity contribution >= 4 is 46.5 Å². The molecule has 8 N–H and O–H groups in total. The molecule has 1 aromatic carbocycles. The maximum atomic E-state index is 12.6. The van der Waals surface area contributed by atoms with Crippen LogP contribution in [0.2, 0.25) is 0 Å². The predicted octanol–water partition coefficient (Wildman–Crippen LogP) is 0.193. The minimum absolute atomic E-state index is 0.0388. The van der Waals surface area contributed by atoms with Crippen LogP contribution in [0.25, 0.3) is 11.2 Å². The number of hydrogen-bond acceptors (Lipinski definition) is 14. The third kappa shape index (κ3) is 8.19. The number of aromatic nitrogens is 4. The predicted molar refractivity (Wildman–Crippen MR) is 131 cm³/mol. The molecule has 24 heteroatoms. The van der Waals surface area contributed by atoms with Crippen molar-refractivity contribution in [1.29, 1.82) is 0 Å². The highest BCUT2D eigenvalue weighted by atomic mass is 31.3. The Hall–Kier alpha value is -2.71. The van der Waals surface area contributed by atoms with Crippen LogP contribution in [0.15, 0.2) is 41.5 Å². The lowest BCUT2D eigenvalue weighted by atomic mass is 10.2. The molecule has 224 valence electrons. The monoisotopic (exact) mass is 642 g/mol. The van der Waals surface area contributed by atoms with E-state index in [4.69, 9.17) is 25.3 Å². The number of nitrogens with one attached hydrogen (secondary N) is 2. The Bertz CT molecular complexity index is 1610. The van der Waals surface area contributed by atoms with Crippen molar-refractivity contribution in [3.63, 3.8) is 0 Å². The average Bonchev–Trinajstić information content (AvgIpc) is 3.45. The second-order valence-electron chi connectivity index (χ2n) is 8.04. The molecule has 2 unspecified atom stereocenters. The van der Waals surface area contributed by atoms with Crippen molar-refractivity contribution in [3.8, 4) is 0 Å². The summed E-state index contributed by atoms with van der Waals surface area (Å²) in [5.74, 6) is 4.19. The van der Waals surface area contributed by atoms with Gasteiger partial charge in [-0.25, -0.2) is 23.6 Å². The van der Waals surface area contributed by atoms with E-state index >= 15 is 0 Å². The third-order valence-corrected chi connectivity index (χ3v) is 8.99. The van der Waals surface area contributed by atoms with Gasteiger partial charge in [0.25, 0.3) is 11.5 Å². The van der Waals surface area contributed by atoms with Crippen molar-refractivity contribution < 1.29 is 65.8 Å². The van der Waals surface area contributed by atoms with E-state index in [0.717, 1.165) is 0 Å². The van der Waals surface area contributed by atoms with Gasteiger partial charge < -0.3 is 24.3 Å². The summed E-state index contributed by atoms with van der Waals surface area (Å²) >= 11 is 0. The molecule has 1 amide bonds. The number of ether oxygens (including phenoxy) is 1. The van der Waals surface area contributed by atoms with Gasteiger partial charge in [0.05, 0.1) is 12.9 Å². The molecular formula is C17H21N6O15P3. The number of fused-ring (bicyclic) bond motifs is 1. The Morgan fingerprint density at radius 2 is 1.85 bits per heavy atom. The van der Waals surface area contributed by atoms with E-state index < -0.39 is 60.0 Å². The minimum Gasteiger partial charge on any atom is -0.349 e. The van der Waals surface area contributed by atoms with Crippen molar-refractivity contribution in [2.24, 2.45) is 5.90 Å². The zero-order valence-electron chi connectivity index (χ0n) is 20.2. The topological polar surface area (TPSA) is 306 Å². The summed E-state index contributed by atoms with van der Waals surface area (Å²) in [7, 11) is -16.8. The molecular weight excluding hydrogens is 621 g/mol. The molecule has 0 bridgehead atoms. The van der Waals surface area contributed by atoms with Gasteiger partial charge in [-0.15, -0.1) is 4.99 Å². The average molecular weight is 642 g/mol. The molecule has 2 aromatic heterocycles. The standard InChI is InChI=1S/C17H21N6O15P3/c18-36-35-10-6-12(34-11(10)7-33-40(29,30)38-41(31,32)37-39(26,27)28)23-8-19-13-14(23)20-17(22-16(13)25)21-15(24)9-4-2-1-3-5-9/h1-5,8,10-12H,6-7,18H2,(H,29,30)(H,31,32)(H2,26,27,28)(H2,20,21,22,24,25)/t10-,11+,12+/m0/s1. The van der Waals surface area contributed by atoms with E-state index in [-0.39, 0.29) is 23.5 Å². The summed E-state index contributed by atoms with van der Waals surface area (Å²) in [6.45, 7) is -0.882. The highest BCUT2D eigenvalue weighted by Crippen LogP contribution is 2.66. The molecule has 0 spiro atoms. The fourth-order valence-electron chi connectivity index (χ4n) is 3.63. The fraction of sp³-hybridized carbons (Fsp3) is 0.294. The summed E-state index contributed by atoms with van der Waals surface area (Å²) in [6, 6.07) is 8.09. The van der Waals surface area contributed by atoms with Crippen LogP contribution in [0.1, 0.15) is 23.0 Å². The second-order valence-corrected chi connectivity index (χ2v) is 12.5. The Morgan fingerprint density at radius 3 is 2.51 bits per heavy atom. The lowest BCUT2D eigenvalue weighted by Crippen LogP contribution is -2.30. The number of amides is 1. The first-order valence-corrected chi connectivity index (χ1v) is 15.5. The van der Waals surface area contributed by atoms with E-state index in [9.17, 15) is 33.1 Å². The third-order valence-electron chi connectivity index (χ3n) is 5.19. The van der Waals surface area contributed by atoms with Crippen LogP contribution >= 0.6 is 23.5 Å². The van der Waals surface area contributed by atoms with Gasteiger partial charge in [-0.3, -0.25) is 29.0 Å². The van der Waals surface area contributed by atoms with Gasteiger partial charge in [0.15, 0.2) is 11.2 Å². The lowest BCUT2D eigenvalue weighted by Gasteiger charge is -2.20. The number of carbonyl (C=O) groups is 1. The summed E-state index contributed by atoms with van der Waals surface area (Å²) in [5.41, 5.74) is -0.570. The van der Waals surface area contributed by atoms with Crippen LogP contribution in [0.3, 0.4) is 0 Å². The SMILES string of the molecule is NOO[C@H]1C[C@H](n2cnc3c(=O)[nH]c(NC(=O)c4ccccc4)nc32)O[C@@H]1COP(=O)(O)OP(=O)(O)OP(=O)(O)O. The Kier molecular flexibility index (Phi) is 9.34. The number of phosphoric ester groups is 1. The maximum absolute atomic E-state index is 12.6. The number of H-pyrrole nitrogens is 1. The summed E-state index contributed by atoms with van der Waals surface area (Å²) in [6.07, 6.45) is -2.36. The number of imidazole rings is 1. The molecule has 0 aliphatic carbocycles. The van der Waals surface area contributed by atoms with Crippen molar-refractivity contribution in [2.75, 3.05) is 11.9 Å². The molecule has 41 heavy (non-hydrogen) atoms. The molecule has 21 nitrogen and oxygen atoms in total. The Balaban J connectivity index is 1.50. The quantitative estimate of drug-likeness (QED) is 0.0787. The smallest absolute Gasteiger partial charge is 0.349 e. The van der Waals surface area contributed by atoms with Crippen LogP contribution in [0.4, 0.5) is 5.95 Å². The number of nitrogens with two attached hydrogens (primary N) is 1. The molecule has 3 aromatic rings. The maximum Gasteiger partial charge on any atom is 0.490 e. The zero-order valence-corrected chi connectivity index (χ0v) is 22.8. The molecule has 1 aliphatic heterocycles. The number of anilines is 1. The fourth-order valence-corrected chi connectivity index (χ4v) is 6.66. The van der Waals surface area contributed by atoms with Crippen LogP contribution in [-0.2, 0) is 41.5 Å². The minimum atomic E-state index is -5.74. The first kappa shape index (κ1) is 31.2. The van der Waals surface area contributed by atoms with Gasteiger partial charge in [0.1, 0.15) is 18.4 Å². The number of rotatable bonds is 12. The zero-order chi connectivity index (χ0) is 30.0. The Morgan fingerprint density at radius 1 is 1.15 bits per heavy atom. The molecule has 5 atom stereocenters. The highest BCUT2D eigenvalue weighted by Gasteiger charge is 2.44. The second kappa shape index (κ2) is 12.3. The van der Waals surface area contributed by atoms with Gasteiger partial charge >= 0.3 is 23.5 Å². The van der Waals surface area contributed by atoms with Crippen LogP contribution in [0.5, 0.6) is 0 Å². The molecule has 0 saturated carbocycles. The summed E-state index contributed by atoms with van der Waals surface area (Å²) < 4.78 is 53.3. The number of carbonyl (C=O) groups excluding carboxylic acids is 1. The van der Waals surface area contributed by atoms with Gasteiger partial charge in [-0.1, -0.05) is 18.2 Å². The molecule has 1 fully saturated rings. The van der Waals surface area contributed by atoms with E-state index in [0.29, 0.717) is 5.56 Å². The van der Waals surface area contributed by atoms with E-state index in [2.05, 4.69) is 38.4 Å².